The predicted octanol–water partition coefficient (Wildman–Crippen LogP) is 11.2. The third-order valence-corrected chi connectivity index (χ3v) is 8.22. The molecule has 0 bridgehead atoms. The Balaban J connectivity index is 0.000000280. The molecule has 0 aliphatic rings. The maximum Gasteiger partial charge on any atom is 0.0774 e. The van der Waals surface area contributed by atoms with Crippen LogP contribution in [0.4, 0.5) is 0 Å². The molecule has 0 saturated heterocycles. The van der Waals surface area contributed by atoms with Crippen LogP contribution in [-0.2, 0) is 26.5 Å². The topological polar surface area (TPSA) is 43.9 Å². The van der Waals surface area contributed by atoms with E-state index in [2.05, 4.69) is 124 Å². The molecule has 0 N–H and O–H groups in total. The number of hydrogen-bond acceptors (Lipinski definition) is 3. The zero-order valence-corrected chi connectivity index (χ0v) is 30.3. The number of rotatable bonds is 7. The van der Waals surface area contributed by atoms with Crippen LogP contribution in [0.15, 0.2) is 114 Å². The first-order chi connectivity index (χ1) is 22.3. The number of benzene rings is 4. The number of hydrogen-bond donors (Lipinski definition) is 0. The molecular formula is C42H41IrN3O-2. The first-order valence-corrected chi connectivity index (χ1v) is 16.2. The van der Waals surface area contributed by atoms with Crippen molar-refractivity contribution in [2.75, 3.05) is 0 Å². The van der Waals surface area contributed by atoms with E-state index in [1.54, 1.807) is 6.20 Å². The number of aromatic nitrogens is 3. The molecule has 7 aromatic rings. The Bertz CT molecular complexity index is 1990. The van der Waals surface area contributed by atoms with Gasteiger partial charge in [0, 0.05) is 43.8 Å². The minimum absolute atomic E-state index is 0. The molecule has 3 aromatic heterocycles. The summed E-state index contributed by atoms with van der Waals surface area (Å²) in [6.45, 7) is 13.6. The fourth-order valence-electron chi connectivity index (χ4n) is 6.05. The van der Waals surface area contributed by atoms with E-state index in [1.807, 2.05) is 42.5 Å². The van der Waals surface area contributed by atoms with E-state index in [1.165, 1.54) is 22.4 Å². The number of pyridine rings is 1. The molecule has 4 nitrogen and oxygen atoms in total. The minimum atomic E-state index is 0. The largest absolute Gasteiger partial charge is 0.557 e. The molecule has 0 atom stereocenters. The SMILES string of the molecule is CC(C)Cc1ccc2o[c-]c(-c3nc4ccccc4n3-c3c(C(C)C)cccc3C(C)C)c2c1.[Ir].[c-]1ccccc1-c1ccccn1. The van der Waals surface area contributed by atoms with Gasteiger partial charge in [-0.3, -0.25) is 4.98 Å². The number of para-hydroxylation sites is 3. The average Bonchev–Trinajstić information content (AvgIpc) is 3.66. The maximum atomic E-state index is 5.93. The zero-order valence-electron chi connectivity index (χ0n) is 27.9. The van der Waals surface area contributed by atoms with Gasteiger partial charge in [0.1, 0.15) is 0 Å². The second kappa shape index (κ2) is 15.1. The third-order valence-electron chi connectivity index (χ3n) is 8.22. The maximum absolute atomic E-state index is 5.93. The van der Waals surface area contributed by atoms with Crippen molar-refractivity contribution >= 4 is 22.0 Å². The minimum Gasteiger partial charge on any atom is -0.557 e. The second-order valence-corrected chi connectivity index (χ2v) is 12.9. The predicted molar refractivity (Wildman–Crippen MR) is 190 cm³/mol. The van der Waals surface area contributed by atoms with Crippen LogP contribution in [0.3, 0.4) is 0 Å². The summed E-state index contributed by atoms with van der Waals surface area (Å²) in [7, 11) is 0. The Morgan fingerprint density at radius 2 is 1.49 bits per heavy atom. The summed E-state index contributed by atoms with van der Waals surface area (Å²) in [5, 5.41) is 1.07. The quantitative estimate of drug-likeness (QED) is 0.151. The van der Waals surface area contributed by atoms with E-state index in [4.69, 9.17) is 9.40 Å². The number of fused-ring (bicyclic) bond motifs is 2. The van der Waals surface area contributed by atoms with E-state index in [9.17, 15) is 0 Å². The second-order valence-electron chi connectivity index (χ2n) is 12.9. The van der Waals surface area contributed by atoms with E-state index in [0.29, 0.717) is 17.8 Å². The van der Waals surface area contributed by atoms with Gasteiger partial charge < -0.3 is 14.0 Å². The Hall–Kier alpha value is -4.31. The normalized spacial score (nSPS) is 11.3. The summed E-state index contributed by atoms with van der Waals surface area (Å²) in [4.78, 5) is 9.36. The molecule has 0 saturated carbocycles. The van der Waals surface area contributed by atoms with Crippen LogP contribution in [0, 0.1) is 18.2 Å². The molecule has 7 rings (SSSR count). The summed E-state index contributed by atoms with van der Waals surface area (Å²) < 4.78 is 8.27. The van der Waals surface area contributed by atoms with Crippen molar-refractivity contribution < 1.29 is 24.5 Å². The molecule has 0 aliphatic carbocycles. The van der Waals surface area contributed by atoms with Gasteiger partial charge in [0.25, 0.3) is 0 Å². The smallest absolute Gasteiger partial charge is 0.0774 e. The summed E-state index contributed by atoms with van der Waals surface area (Å²) in [6, 6.07) is 38.4. The molecule has 0 unspecified atom stereocenters. The van der Waals surface area contributed by atoms with Crippen LogP contribution in [0.5, 0.6) is 0 Å². The van der Waals surface area contributed by atoms with Gasteiger partial charge >= 0.3 is 0 Å². The van der Waals surface area contributed by atoms with Gasteiger partial charge in [-0.1, -0.05) is 119 Å². The molecule has 0 fully saturated rings. The molecule has 5 heteroatoms. The van der Waals surface area contributed by atoms with Gasteiger partial charge in [0.2, 0.25) is 0 Å². The van der Waals surface area contributed by atoms with Crippen molar-refractivity contribution in [2.24, 2.45) is 5.92 Å². The molecule has 0 amide bonds. The van der Waals surface area contributed by atoms with Gasteiger partial charge in [-0.2, -0.15) is 0 Å². The zero-order chi connectivity index (χ0) is 32.2. The fraction of sp³-hybridized carbons (Fsp3) is 0.238. The fourth-order valence-corrected chi connectivity index (χ4v) is 6.05. The number of nitrogens with zero attached hydrogens (tertiary/aromatic N) is 3. The standard InChI is InChI=1S/C31H33N2O.C11H8N.Ir/c1-19(2)16-22-14-15-29-25(17-22)26(18-34-29)31-32-27-12-7-8-13-28(27)33(31)30-23(20(3)4)10-9-11-24(30)21(5)6;1-2-6-10(7-3-1)11-8-4-5-9-12-11;/h7-15,17,19-21H,16H2,1-6H3;1-6,8-9H;/q2*-1;. The van der Waals surface area contributed by atoms with Crippen molar-refractivity contribution in [2.45, 2.75) is 59.8 Å². The van der Waals surface area contributed by atoms with E-state index < -0.39 is 0 Å². The van der Waals surface area contributed by atoms with Crippen LogP contribution >= 0.6 is 0 Å². The van der Waals surface area contributed by atoms with Crippen LogP contribution in [-0.4, -0.2) is 14.5 Å². The summed E-state index contributed by atoms with van der Waals surface area (Å²) in [6.07, 6.45) is 6.04. The molecule has 1 radical (unpaired) electrons. The van der Waals surface area contributed by atoms with Gasteiger partial charge in [0.15, 0.2) is 0 Å². The van der Waals surface area contributed by atoms with E-state index in [0.717, 1.165) is 51.1 Å². The molecule has 241 valence electrons. The molecule has 47 heavy (non-hydrogen) atoms. The monoisotopic (exact) mass is 796 g/mol. The van der Waals surface area contributed by atoms with Gasteiger partial charge in [0.05, 0.1) is 16.9 Å². The third kappa shape index (κ3) is 7.32. The Labute approximate surface area is 292 Å². The first kappa shape index (κ1) is 34.0. The van der Waals surface area contributed by atoms with Crippen LogP contribution in [0.25, 0.3) is 50.3 Å². The first-order valence-electron chi connectivity index (χ1n) is 16.2. The molecule has 3 heterocycles. The molecule has 0 spiro atoms. The van der Waals surface area contributed by atoms with Crippen molar-refractivity contribution in [3.63, 3.8) is 0 Å². The molecule has 0 aliphatic heterocycles. The summed E-state index contributed by atoms with van der Waals surface area (Å²) in [5.41, 5.74) is 11.1. The number of furan rings is 1. The van der Waals surface area contributed by atoms with Crippen LogP contribution in [0.1, 0.15) is 70.1 Å². The number of imidazole rings is 1. The molecular weight excluding hydrogens is 755 g/mol. The van der Waals surface area contributed by atoms with Crippen molar-refractivity contribution in [1.29, 1.82) is 0 Å². The summed E-state index contributed by atoms with van der Waals surface area (Å²) >= 11 is 0. The van der Waals surface area contributed by atoms with E-state index in [-0.39, 0.29) is 20.1 Å². The van der Waals surface area contributed by atoms with Gasteiger partial charge in [-0.25, -0.2) is 0 Å². The summed E-state index contributed by atoms with van der Waals surface area (Å²) in [5.74, 6) is 2.24. The van der Waals surface area contributed by atoms with Gasteiger partial charge in [-0.05, 0) is 59.2 Å². The Kier molecular flexibility index (Phi) is 10.9. The molecule has 4 aromatic carbocycles. The van der Waals surface area contributed by atoms with Crippen LogP contribution in [0.2, 0.25) is 0 Å². The van der Waals surface area contributed by atoms with Crippen molar-refractivity contribution in [3.05, 3.63) is 138 Å². The van der Waals surface area contributed by atoms with Crippen molar-refractivity contribution in [3.8, 4) is 28.3 Å². The van der Waals surface area contributed by atoms with E-state index >= 15 is 0 Å². The Morgan fingerprint density at radius 1 is 0.766 bits per heavy atom. The van der Waals surface area contributed by atoms with Crippen LogP contribution < -0.4 is 0 Å². The van der Waals surface area contributed by atoms with Crippen molar-refractivity contribution in [1.82, 2.24) is 14.5 Å². The van der Waals surface area contributed by atoms with Gasteiger partial charge in [-0.15, -0.1) is 35.9 Å². The Morgan fingerprint density at radius 3 is 2.15 bits per heavy atom. The average molecular weight is 796 g/mol.